The van der Waals surface area contributed by atoms with Crippen LogP contribution in [-0.2, 0) is 11.3 Å². The average molecular weight is 315 g/mol. The molecule has 2 aromatic carbocycles. The van der Waals surface area contributed by atoms with Gasteiger partial charge in [-0.15, -0.1) is 0 Å². The molecule has 0 aliphatic carbocycles. The van der Waals surface area contributed by atoms with Crippen LogP contribution in [0, 0.1) is 5.82 Å². The molecule has 5 nitrogen and oxygen atoms in total. The van der Waals surface area contributed by atoms with Crippen LogP contribution in [-0.4, -0.2) is 25.4 Å². The van der Waals surface area contributed by atoms with Crippen molar-refractivity contribution in [1.29, 1.82) is 0 Å². The molecule has 2 rings (SSSR count). The minimum Gasteiger partial charge on any atom is -0.376 e. The van der Waals surface area contributed by atoms with Crippen molar-refractivity contribution < 1.29 is 14.0 Å². The number of anilines is 1. The molecular weight excluding hydrogens is 297 g/mol. The summed E-state index contributed by atoms with van der Waals surface area (Å²) >= 11 is 0. The fourth-order valence-corrected chi connectivity index (χ4v) is 2.01. The zero-order valence-electron chi connectivity index (χ0n) is 12.7. The Kier molecular flexibility index (Phi) is 5.68. The zero-order chi connectivity index (χ0) is 16.7. The first kappa shape index (κ1) is 16.5. The Morgan fingerprint density at radius 3 is 2.43 bits per heavy atom. The summed E-state index contributed by atoms with van der Waals surface area (Å²) in [5, 5.41) is 8.22. The maximum absolute atomic E-state index is 12.8. The summed E-state index contributed by atoms with van der Waals surface area (Å²) in [5.74, 6) is -0.756. The van der Waals surface area contributed by atoms with E-state index < -0.39 is 0 Å². The number of carbonyl (C=O) groups is 2. The predicted octanol–water partition coefficient (Wildman–Crippen LogP) is 1.91. The van der Waals surface area contributed by atoms with E-state index in [9.17, 15) is 14.0 Å². The third kappa shape index (κ3) is 4.81. The van der Waals surface area contributed by atoms with Crippen LogP contribution < -0.4 is 16.0 Å². The van der Waals surface area contributed by atoms with Crippen LogP contribution in [0.5, 0.6) is 0 Å². The molecule has 0 bridgehead atoms. The predicted molar refractivity (Wildman–Crippen MR) is 86.6 cm³/mol. The Morgan fingerprint density at radius 1 is 1.04 bits per heavy atom. The summed E-state index contributed by atoms with van der Waals surface area (Å²) in [6.45, 7) is 0.354. The molecule has 3 N–H and O–H groups in total. The lowest BCUT2D eigenvalue weighted by atomic mass is 10.1. The van der Waals surface area contributed by atoms with Gasteiger partial charge in [0.2, 0.25) is 5.91 Å². The summed E-state index contributed by atoms with van der Waals surface area (Å²) < 4.78 is 12.8. The van der Waals surface area contributed by atoms with E-state index in [-0.39, 0.29) is 24.2 Å². The standard InChI is InChI=1S/C17H18FN3O2/c1-19-17(23)14-4-2-3-5-15(14)20-11-16(22)21-10-12-6-8-13(18)9-7-12/h2-9,20H,10-11H2,1H3,(H,19,23)(H,21,22). The second-order valence-corrected chi connectivity index (χ2v) is 4.88. The lowest BCUT2D eigenvalue weighted by molar-refractivity contribution is -0.119. The molecule has 23 heavy (non-hydrogen) atoms. The van der Waals surface area contributed by atoms with Crippen LogP contribution in [0.1, 0.15) is 15.9 Å². The van der Waals surface area contributed by atoms with E-state index in [0.29, 0.717) is 17.8 Å². The third-order valence-corrected chi connectivity index (χ3v) is 3.24. The smallest absolute Gasteiger partial charge is 0.253 e. The fraction of sp³-hybridized carbons (Fsp3) is 0.176. The van der Waals surface area contributed by atoms with Gasteiger partial charge in [0, 0.05) is 19.3 Å². The quantitative estimate of drug-likeness (QED) is 0.763. The van der Waals surface area contributed by atoms with Gasteiger partial charge < -0.3 is 16.0 Å². The summed E-state index contributed by atoms with van der Waals surface area (Å²) in [4.78, 5) is 23.6. The van der Waals surface area contributed by atoms with Crippen molar-refractivity contribution in [3.05, 3.63) is 65.5 Å². The zero-order valence-corrected chi connectivity index (χ0v) is 12.7. The molecule has 0 aromatic heterocycles. The number of hydrogen-bond acceptors (Lipinski definition) is 3. The molecule has 0 saturated heterocycles. The molecule has 0 radical (unpaired) electrons. The largest absolute Gasteiger partial charge is 0.376 e. The molecule has 2 amide bonds. The minimum absolute atomic E-state index is 0.0369. The first-order chi connectivity index (χ1) is 11.1. The first-order valence-electron chi connectivity index (χ1n) is 7.16. The highest BCUT2D eigenvalue weighted by Crippen LogP contribution is 2.14. The average Bonchev–Trinajstić information content (AvgIpc) is 2.59. The molecule has 6 heteroatoms. The van der Waals surface area contributed by atoms with Gasteiger partial charge in [0.1, 0.15) is 5.82 Å². The molecule has 0 unspecified atom stereocenters. The number of benzene rings is 2. The van der Waals surface area contributed by atoms with E-state index in [1.165, 1.54) is 12.1 Å². The second kappa shape index (κ2) is 7.93. The molecular formula is C17H18FN3O2. The van der Waals surface area contributed by atoms with Gasteiger partial charge in [-0.2, -0.15) is 0 Å². The molecule has 0 aliphatic heterocycles. The van der Waals surface area contributed by atoms with Crippen LogP contribution in [0.4, 0.5) is 10.1 Å². The van der Waals surface area contributed by atoms with Gasteiger partial charge in [0.05, 0.1) is 12.1 Å². The number of carbonyl (C=O) groups excluding carboxylic acids is 2. The Labute approximate surface area is 133 Å². The highest BCUT2D eigenvalue weighted by molar-refractivity contribution is 5.99. The van der Waals surface area contributed by atoms with Gasteiger partial charge in [-0.3, -0.25) is 9.59 Å². The molecule has 0 heterocycles. The van der Waals surface area contributed by atoms with Crippen molar-refractivity contribution in [1.82, 2.24) is 10.6 Å². The summed E-state index contributed by atoms with van der Waals surface area (Å²) in [6.07, 6.45) is 0. The molecule has 2 aromatic rings. The van der Waals surface area contributed by atoms with Gasteiger partial charge in [-0.05, 0) is 29.8 Å². The van der Waals surface area contributed by atoms with Gasteiger partial charge in [-0.1, -0.05) is 24.3 Å². The van der Waals surface area contributed by atoms with E-state index >= 15 is 0 Å². The number of halogens is 1. The number of para-hydroxylation sites is 1. The Morgan fingerprint density at radius 2 is 1.74 bits per heavy atom. The van der Waals surface area contributed by atoms with E-state index in [2.05, 4.69) is 16.0 Å². The third-order valence-electron chi connectivity index (χ3n) is 3.24. The van der Waals surface area contributed by atoms with Crippen LogP contribution >= 0.6 is 0 Å². The lowest BCUT2D eigenvalue weighted by Crippen LogP contribution is -2.30. The molecule has 120 valence electrons. The van der Waals surface area contributed by atoms with E-state index in [4.69, 9.17) is 0 Å². The molecule has 0 fully saturated rings. The summed E-state index contributed by atoms with van der Waals surface area (Å²) in [6, 6.07) is 12.9. The SMILES string of the molecule is CNC(=O)c1ccccc1NCC(=O)NCc1ccc(F)cc1. The van der Waals surface area contributed by atoms with Gasteiger partial charge in [0.15, 0.2) is 0 Å². The summed E-state index contributed by atoms with van der Waals surface area (Å²) in [5.41, 5.74) is 1.87. The van der Waals surface area contributed by atoms with Crippen LogP contribution in [0.2, 0.25) is 0 Å². The molecule has 0 saturated carbocycles. The Balaban J connectivity index is 1.87. The number of nitrogens with one attached hydrogen (secondary N) is 3. The lowest BCUT2D eigenvalue weighted by Gasteiger charge is -2.11. The second-order valence-electron chi connectivity index (χ2n) is 4.88. The highest BCUT2D eigenvalue weighted by Gasteiger charge is 2.09. The topological polar surface area (TPSA) is 70.2 Å². The molecule has 0 atom stereocenters. The van der Waals surface area contributed by atoms with Crippen molar-refractivity contribution >= 4 is 17.5 Å². The first-order valence-corrected chi connectivity index (χ1v) is 7.16. The maximum atomic E-state index is 12.8. The van der Waals surface area contributed by atoms with Gasteiger partial charge in [0.25, 0.3) is 5.91 Å². The fourth-order valence-electron chi connectivity index (χ4n) is 2.01. The van der Waals surface area contributed by atoms with Crippen LogP contribution in [0.25, 0.3) is 0 Å². The number of hydrogen-bond donors (Lipinski definition) is 3. The van der Waals surface area contributed by atoms with Gasteiger partial charge in [-0.25, -0.2) is 4.39 Å². The number of amides is 2. The van der Waals surface area contributed by atoms with Crippen molar-refractivity contribution in [2.24, 2.45) is 0 Å². The number of rotatable bonds is 6. The van der Waals surface area contributed by atoms with Crippen LogP contribution in [0.3, 0.4) is 0 Å². The van der Waals surface area contributed by atoms with Crippen molar-refractivity contribution in [2.45, 2.75) is 6.54 Å². The minimum atomic E-state index is -0.312. The van der Waals surface area contributed by atoms with Crippen molar-refractivity contribution in [2.75, 3.05) is 18.9 Å². The molecule has 0 aliphatic rings. The highest BCUT2D eigenvalue weighted by atomic mass is 19.1. The summed E-state index contributed by atoms with van der Waals surface area (Å²) in [7, 11) is 1.55. The normalized spacial score (nSPS) is 10.0. The Hall–Kier alpha value is -2.89. The molecule has 0 spiro atoms. The van der Waals surface area contributed by atoms with Crippen LogP contribution in [0.15, 0.2) is 48.5 Å². The van der Waals surface area contributed by atoms with Crippen molar-refractivity contribution in [3.8, 4) is 0 Å². The Bertz CT molecular complexity index is 686. The van der Waals surface area contributed by atoms with Crippen molar-refractivity contribution in [3.63, 3.8) is 0 Å². The maximum Gasteiger partial charge on any atom is 0.253 e. The monoisotopic (exact) mass is 315 g/mol. The van der Waals surface area contributed by atoms with E-state index in [1.807, 2.05) is 0 Å². The van der Waals surface area contributed by atoms with E-state index in [1.54, 1.807) is 43.4 Å². The van der Waals surface area contributed by atoms with E-state index in [0.717, 1.165) is 5.56 Å². The van der Waals surface area contributed by atoms with Gasteiger partial charge >= 0.3 is 0 Å².